The van der Waals surface area contributed by atoms with Crippen LogP contribution in [0.25, 0.3) is 16.9 Å². The molecule has 9 heteroatoms. The molecule has 0 unspecified atom stereocenters. The maximum absolute atomic E-state index is 12.7. The molecule has 0 radical (unpaired) electrons. The minimum atomic E-state index is -0.471. The summed E-state index contributed by atoms with van der Waals surface area (Å²) in [5.41, 5.74) is 1.95. The van der Waals surface area contributed by atoms with Crippen LogP contribution in [-0.2, 0) is 4.74 Å². The maximum atomic E-state index is 12.7. The van der Waals surface area contributed by atoms with E-state index < -0.39 is 4.92 Å². The molecule has 0 aliphatic heterocycles. The van der Waals surface area contributed by atoms with Crippen LogP contribution >= 0.6 is 11.6 Å². The van der Waals surface area contributed by atoms with Gasteiger partial charge in [0.2, 0.25) is 0 Å². The largest absolute Gasteiger partial charge is 0.383 e. The van der Waals surface area contributed by atoms with Crippen LogP contribution in [-0.4, -0.2) is 40.9 Å². The van der Waals surface area contributed by atoms with Crippen molar-refractivity contribution in [2.24, 2.45) is 0 Å². The fraction of sp³-hybridized carbons (Fsp3) is 0.158. The molecule has 0 aliphatic rings. The van der Waals surface area contributed by atoms with Crippen molar-refractivity contribution >= 4 is 23.2 Å². The number of halogens is 1. The van der Waals surface area contributed by atoms with Crippen molar-refractivity contribution in [2.45, 2.75) is 0 Å². The van der Waals surface area contributed by atoms with Crippen molar-refractivity contribution < 1.29 is 14.5 Å². The maximum Gasteiger partial charge on any atom is 0.270 e. The Balaban J connectivity index is 2.03. The number of hydrogen-bond donors (Lipinski definition) is 1. The van der Waals surface area contributed by atoms with Gasteiger partial charge in [-0.3, -0.25) is 14.9 Å². The van der Waals surface area contributed by atoms with Crippen LogP contribution in [0.3, 0.4) is 0 Å². The number of nitro benzene ring substituents is 1. The van der Waals surface area contributed by atoms with Crippen LogP contribution in [0, 0.1) is 10.1 Å². The van der Waals surface area contributed by atoms with Gasteiger partial charge in [-0.25, -0.2) is 4.68 Å². The van der Waals surface area contributed by atoms with Gasteiger partial charge in [-0.05, 0) is 30.3 Å². The number of para-hydroxylation sites is 1. The lowest BCUT2D eigenvalue weighted by Crippen LogP contribution is -2.28. The molecule has 2 aromatic carbocycles. The third-order valence-electron chi connectivity index (χ3n) is 3.99. The SMILES string of the molecule is COCCNC(=O)c1cc(-c2ccc([N+](=O)[O-])cc2)nn1-c1ccccc1Cl. The Morgan fingerprint density at radius 3 is 2.61 bits per heavy atom. The first kappa shape index (κ1) is 19.5. The van der Waals surface area contributed by atoms with E-state index in [4.69, 9.17) is 16.3 Å². The lowest BCUT2D eigenvalue weighted by atomic mass is 10.1. The Hall–Kier alpha value is -3.23. The molecule has 1 N–H and O–H groups in total. The molecule has 1 amide bonds. The number of aromatic nitrogens is 2. The number of nitrogens with one attached hydrogen (secondary N) is 1. The number of hydrogen-bond acceptors (Lipinski definition) is 5. The zero-order valence-electron chi connectivity index (χ0n) is 15.0. The van der Waals surface area contributed by atoms with Gasteiger partial charge in [0.15, 0.2) is 0 Å². The first-order valence-corrected chi connectivity index (χ1v) is 8.76. The Morgan fingerprint density at radius 2 is 1.96 bits per heavy atom. The molecule has 144 valence electrons. The van der Waals surface area contributed by atoms with E-state index in [-0.39, 0.29) is 17.3 Å². The summed E-state index contributed by atoms with van der Waals surface area (Å²) >= 11 is 6.29. The fourth-order valence-corrected chi connectivity index (χ4v) is 2.82. The first-order chi connectivity index (χ1) is 13.5. The van der Waals surface area contributed by atoms with Crippen LogP contribution in [0.4, 0.5) is 5.69 Å². The van der Waals surface area contributed by atoms with Crippen molar-refractivity contribution in [3.8, 4) is 16.9 Å². The fourth-order valence-electron chi connectivity index (χ4n) is 2.60. The van der Waals surface area contributed by atoms with Crippen LogP contribution in [0.5, 0.6) is 0 Å². The average molecular weight is 401 g/mol. The van der Waals surface area contributed by atoms with E-state index in [0.29, 0.717) is 35.1 Å². The van der Waals surface area contributed by atoms with Gasteiger partial charge in [-0.1, -0.05) is 23.7 Å². The van der Waals surface area contributed by atoms with E-state index in [9.17, 15) is 14.9 Å². The van der Waals surface area contributed by atoms with Crippen molar-refractivity contribution in [1.82, 2.24) is 15.1 Å². The van der Waals surface area contributed by atoms with E-state index >= 15 is 0 Å². The number of nitrogens with zero attached hydrogens (tertiary/aromatic N) is 3. The number of rotatable bonds is 7. The van der Waals surface area contributed by atoms with E-state index in [1.807, 2.05) is 0 Å². The van der Waals surface area contributed by atoms with Gasteiger partial charge in [0, 0.05) is 31.4 Å². The summed E-state index contributed by atoms with van der Waals surface area (Å²) in [6.07, 6.45) is 0. The average Bonchev–Trinajstić information content (AvgIpc) is 3.14. The molecule has 0 atom stereocenters. The standard InChI is InChI=1S/C19H17ClN4O4/c1-28-11-10-21-19(25)18-12-16(13-6-8-14(9-7-13)24(26)27)22-23(18)17-5-3-2-4-15(17)20/h2-9,12H,10-11H2,1H3,(H,21,25). The molecule has 1 heterocycles. The number of methoxy groups -OCH3 is 1. The zero-order valence-corrected chi connectivity index (χ0v) is 15.7. The van der Waals surface area contributed by atoms with E-state index in [0.717, 1.165) is 0 Å². The minimum Gasteiger partial charge on any atom is -0.383 e. The summed E-state index contributed by atoms with van der Waals surface area (Å²) in [4.78, 5) is 23.0. The zero-order chi connectivity index (χ0) is 20.1. The van der Waals surface area contributed by atoms with Gasteiger partial charge in [-0.2, -0.15) is 5.10 Å². The van der Waals surface area contributed by atoms with Crippen LogP contribution < -0.4 is 5.32 Å². The predicted molar refractivity (Wildman–Crippen MR) is 105 cm³/mol. The molecule has 3 rings (SSSR count). The van der Waals surface area contributed by atoms with E-state index in [1.165, 1.54) is 16.8 Å². The predicted octanol–water partition coefficient (Wildman–Crippen LogP) is 3.48. The quantitative estimate of drug-likeness (QED) is 0.372. The number of ether oxygens (including phenoxy) is 1. The summed E-state index contributed by atoms with van der Waals surface area (Å²) in [6, 6.07) is 14.6. The lowest BCUT2D eigenvalue weighted by Gasteiger charge is -2.09. The first-order valence-electron chi connectivity index (χ1n) is 8.38. The molecule has 0 fully saturated rings. The topological polar surface area (TPSA) is 99.3 Å². The Bertz CT molecular complexity index is 1000. The summed E-state index contributed by atoms with van der Waals surface area (Å²) in [6.45, 7) is 0.719. The number of carbonyl (C=O) groups excluding carboxylic acids is 1. The smallest absolute Gasteiger partial charge is 0.270 e. The molecule has 28 heavy (non-hydrogen) atoms. The molecule has 0 aliphatic carbocycles. The van der Waals surface area contributed by atoms with Gasteiger partial charge in [0.05, 0.1) is 27.9 Å². The van der Waals surface area contributed by atoms with Gasteiger partial charge >= 0.3 is 0 Å². The Morgan fingerprint density at radius 1 is 1.25 bits per heavy atom. The normalized spacial score (nSPS) is 10.6. The van der Waals surface area contributed by atoms with Crippen LogP contribution in [0.2, 0.25) is 5.02 Å². The van der Waals surface area contributed by atoms with Crippen molar-refractivity contribution in [2.75, 3.05) is 20.3 Å². The molecule has 0 saturated heterocycles. The second kappa shape index (κ2) is 8.64. The second-order valence-corrected chi connectivity index (χ2v) is 6.24. The summed E-state index contributed by atoms with van der Waals surface area (Å²) in [5, 5.41) is 18.6. The van der Waals surface area contributed by atoms with Gasteiger partial charge in [0.25, 0.3) is 11.6 Å². The van der Waals surface area contributed by atoms with Crippen molar-refractivity contribution in [3.63, 3.8) is 0 Å². The summed E-state index contributed by atoms with van der Waals surface area (Å²) < 4.78 is 6.41. The second-order valence-electron chi connectivity index (χ2n) is 5.83. The highest BCUT2D eigenvalue weighted by molar-refractivity contribution is 6.32. The third kappa shape index (κ3) is 4.19. The molecule has 0 saturated carbocycles. The summed E-state index contributed by atoms with van der Waals surface area (Å²) in [7, 11) is 1.55. The van der Waals surface area contributed by atoms with E-state index in [2.05, 4.69) is 10.4 Å². The Kier molecular flexibility index (Phi) is 6.03. The van der Waals surface area contributed by atoms with Crippen LogP contribution in [0.15, 0.2) is 54.6 Å². The highest BCUT2D eigenvalue weighted by Crippen LogP contribution is 2.26. The highest BCUT2D eigenvalue weighted by Gasteiger charge is 2.19. The molecule has 8 nitrogen and oxygen atoms in total. The number of nitro groups is 1. The molecular formula is C19H17ClN4O4. The molecule has 0 spiro atoms. The van der Waals surface area contributed by atoms with Gasteiger partial charge in [-0.15, -0.1) is 0 Å². The number of non-ortho nitro benzene ring substituents is 1. The number of carbonyl (C=O) groups is 1. The van der Waals surface area contributed by atoms with Crippen molar-refractivity contribution in [1.29, 1.82) is 0 Å². The molecule has 0 bridgehead atoms. The third-order valence-corrected chi connectivity index (χ3v) is 4.31. The Labute approximate surface area is 165 Å². The number of amides is 1. The summed E-state index contributed by atoms with van der Waals surface area (Å²) in [5.74, 6) is -0.336. The molecule has 1 aromatic heterocycles. The highest BCUT2D eigenvalue weighted by atomic mass is 35.5. The monoisotopic (exact) mass is 400 g/mol. The lowest BCUT2D eigenvalue weighted by molar-refractivity contribution is -0.384. The number of benzene rings is 2. The van der Waals surface area contributed by atoms with Crippen molar-refractivity contribution in [3.05, 3.63) is 75.4 Å². The van der Waals surface area contributed by atoms with E-state index in [1.54, 1.807) is 49.6 Å². The molecular weight excluding hydrogens is 384 g/mol. The van der Waals surface area contributed by atoms with Gasteiger partial charge < -0.3 is 10.1 Å². The van der Waals surface area contributed by atoms with Crippen LogP contribution in [0.1, 0.15) is 10.5 Å². The minimum absolute atomic E-state index is 0.0215. The van der Waals surface area contributed by atoms with Gasteiger partial charge in [0.1, 0.15) is 5.69 Å². The molecule has 3 aromatic rings.